The zero-order valence-corrected chi connectivity index (χ0v) is 6.38. The summed E-state index contributed by atoms with van der Waals surface area (Å²) >= 11 is 0. The van der Waals surface area contributed by atoms with Crippen molar-refractivity contribution >= 4 is 0 Å². The van der Waals surface area contributed by atoms with Gasteiger partial charge in [0.2, 0.25) is 0 Å². The van der Waals surface area contributed by atoms with Crippen LogP contribution >= 0.6 is 0 Å². The van der Waals surface area contributed by atoms with Crippen LogP contribution in [0.2, 0.25) is 0 Å². The summed E-state index contributed by atoms with van der Waals surface area (Å²) in [4.78, 5) is 0. The third-order valence-electron chi connectivity index (χ3n) is 4.54. The lowest BCUT2D eigenvalue weighted by atomic mass is 9.43. The summed E-state index contributed by atoms with van der Waals surface area (Å²) in [5, 5.41) is 9.23. The van der Waals surface area contributed by atoms with Crippen LogP contribution in [0, 0.1) is 29.1 Å². The molecule has 0 aromatic rings. The van der Waals surface area contributed by atoms with E-state index in [0.717, 1.165) is 23.7 Å². The molecule has 0 aromatic carbocycles. The lowest BCUT2D eigenvalue weighted by Gasteiger charge is -2.62. The van der Waals surface area contributed by atoms with Gasteiger partial charge in [0.25, 0.3) is 0 Å². The van der Waals surface area contributed by atoms with Gasteiger partial charge in [0.05, 0.1) is 0 Å². The molecule has 1 nitrogen and oxygen atoms in total. The molecule has 3 saturated carbocycles. The highest BCUT2D eigenvalue weighted by Gasteiger charge is 2.77. The molecule has 0 amide bonds. The second-order valence-corrected chi connectivity index (χ2v) is 4.52. The Hall–Kier alpha value is -0.0400. The fourth-order valence-corrected chi connectivity index (χ4v) is 3.79. The zero-order valence-electron chi connectivity index (χ0n) is 6.38. The summed E-state index contributed by atoms with van der Waals surface area (Å²) in [5.41, 5.74) is 0.449. The molecule has 3 aliphatic rings. The van der Waals surface area contributed by atoms with Crippen LogP contribution in [0.4, 0.5) is 0 Å². The molecule has 0 aromatic heterocycles. The van der Waals surface area contributed by atoms with E-state index in [1.165, 1.54) is 12.8 Å². The van der Waals surface area contributed by atoms with Crippen LogP contribution < -0.4 is 0 Å². The topological polar surface area (TPSA) is 20.2 Å². The van der Waals surface area contributed by atoms with Crippen LogP contribution in [0.25, 0.3) is 0 Å². The molecule has 0 aliphatic heterocycles. The summed E-state index contributed by atoms with van der Waals surface area (Å²) in [6.45, 7) is 2.78. The van der Waals surface area contributed by atoms with Crippen molar-refractivity contribution in [1.82, 2.24) is 0 Å². The van der Waals surface area contributed by atoms with Gasteiger partial charge in [-0.25, -0.2) is 0 Å². The molecule has 0 bridgehead atoms. The fraction of sp³-hybridized carbons (Fsp3) is 1.00. The molecule has 0 saturated heterocycles. The summed E-state index contributed by atoms with van der Waals surface area (Å²) in [7, 11) is 0. The van der Waals surface area contributed by atoms with Gasteiger partial charge in [-0.1, -0.05) is 6.92 Å². The summed E-state index contributed by atoms with van der Waals surface area (Å²) in [6.07, 6.45) is 2.84. The predicted octanol–water partition coefficient (Wildman–Crippen LogP) is 1.27. The Labute approximate surface area is 61.4 Å². The normalized spacial score (nSPS) is 69.0. The molecule has 5 unspecified atom stereocenters. The van der Waals surface area contributed by atoms with Gasteiger partial charge in [-0.3, -0.25) is 0 Å². The van der Waals surface area contributed by atoms with Crippen LogP contribution in [0.1, 0.15) is 19.8 Å². The highest BCUT2D eigenvalue weighted by atomic mass is 16.3. The average molecular weight is 138 g/mol. The molecule has 5 atom stereocenters. The Morgan fingerprint density at radius 3 is 2.50 bits per heavy atom. The molecule has 3 fully saturated rings. The minimum Gasteiger partial charge on any atom is -0.396 e. The Balaban J connectivity index is 1.93. The van der Waals surface area contributed by atoms with Crippen molar-refractivity contribution in [1.29, 1.82) is 0 Å². The fourth-order valence-electron chi connectivity index (χ4n) is 3.79. The summed E-state index contributed by atoms with van der Waals surface area (Å²) in [5.74, 6) is 3.78. The number of rotatable bonds is 1. The van der Waals surface area contributed by atoms with Crippen LogP contribution in [0.5, 0.6) is 0 Å². The molecule has 56 valence electrons. The quantitative estimate of drug-likeness (QED) is 0.578. The highest BCUT2D eigenvalue weighted by molar-refractivity contribution is 5.24. The maximum absolute atomic E-state index is 9.23. The third kappa shape index (κ3) is 0.315. The van der Waals surface area contributed by atoms with Gasteiger partial charge in [-0.15, -0.1) is 0 Å². The van der Waals surface area contributed by atoms with Crippen molar-refractivity contribution in [2.24, 2.45) is 29.1 Å². The largest absolute Gasteiger partial charge is 0.396 e. The molecular weight excluding hydrogens is 124 g/mol. The van der Waals surface area contributed by atoms with Crippen molar-refractivity contribution in [3.63, 3.8) is 0 Å². The van der Waals surface area contributed by atoms with E-state index >= 15 is 0 Å². The van der Waals surface area contributed by atoms with Gasteiger partial charge in [-0.05, 0) is 36.5 Å². The molecule has 10 heavy (non-hydrogen) atoms. The average Bonchev–Trinajstić information content (AvgIpc) is 2.60. The first-order chi connectivity index (χ1) is 4.80. The van der Waals surface area contributed by atoms with Crippen molar-refractivity contribution in [3.8, 4) is 0 Å². The van der Waals surface area contributed by atoms with Crippen molar-refractivity contribution < 1.29 is 5.11 Å². The monoisotopic (exact) mass is 138 g/mol. The predicted molar refractivity (Wildman–Crippen MR) is 38.4 cm³/mol. The molecule has 1 heteroatoms. The van der Waals surface area contributed by atoms with E-state index in [-0.39, 0.29) is 0 Å². The van der Waals surface area contributed by atoms with Crippen LogP contribution in [-0.4, -0.2) is 11.7 Å². The number of aliphatic hydroxyl groups excluding tert-OH is 1. The number of aliphatic hydroxyl groups is 1. The van der Waals surface area contributed by atoms with E-state index in [0.29, 0.717) is 12.0 Å². The Kier molecular flexibility index (Phi) is 0.722. The molecule has 0 radical (unpaired) electrons. The van der Waals surface area contributed by atoms with Crippen molar-refractivity contribution in [2.75, 3.05) is 6.61 Å². The lowest BCUT2D eigenvalue weighted by Crippen LogP contribution is -2.60. The minimum absolute atomic E-state index is 0.449. The van der Waals surface area contributed by atoms with E-state index in [9.17, 15) is 5.11 Å². The van der Waals surface area contributed by atoms with E-state index in [1.54, 1.807) is 0 Å². The Morgan fingerprint density at radius 1 is 1.40 bits per heavy atom. The maximum atomic E-state index is 9.23. The number of hydrogen-bond acceptors (Lipinski definition) is 1. The first-order valence-corrected chi connectivity index (χ1v) is 4.41. The third-order valence-corrected chi connectivity index (χ3v) is 4.54. The maximum Gasteiger partial charge on any atom is 0.0495 e. The van der Waals surface area contributed by atoms with Crippen LogP contribution in [0.15, 0.2) is 0 Å². The lowest BCUT2D eigenvalue weighted by molar-refractivity contribution is -0.174. The van der Waals surface area contributed by atoms with Crippen LogP contribution in [0.3, 0.4) is 0 Å². The summed E-state index contributed by atoms with van der Waals surface area (Å²) < 4.78 is 0. The molecule has 1 N–H and O–H groups in total. The number of hydrogen-bond donors (Lipinski definition) is 1. The first-order valence-electron chi connectivity index (χ1n) is 4.41. The molecular formula is C9H14O. The zero-order chi connectivity index (χ0) is 6.93. The Bertz CT molecular complexity index is 185. The van der Waals surface area contributed by atoms with Gasteiger partial charge in [-0.2, -0.15) is 0 Å². The SMILES string of the molecule is CC1CC2C3CC3C12CO. The van der Waals surface area contributed by atoms with Gasteiger partial charge >= 0.3 is 0 Å². The smallest absolute Gasteiger partial charge is 0.0495 e. The van der Waals surface area contributed by atoms with Crippen molar-refractivity contribution in [2.45, 2.75) is 19.8 Å². The minimum atomic E-state index is 0.449. The van der Waals surface area contributed by atoms with Crippen molar-refractivity contribution in [3.05, 3.63) is 0 Å². The van der Waals surface area contributed by atoms with Crippen LogP contribution in [-0.2, 0) is 0 Å². The summed E-state index contributed by atoms with van der Waals surface area (Å²) in [6, 6.07) is 0. The molecule has 0 heterocycles. The van der Waals surface area contributed by atoms with Gasteiger partial charge < -0.3 is 5.11 Å². The number of fused-ring (bicyclic) bond motifs is 4. The second-order valence-electron chi connectivity index (χ2n) is 4.52. The van der Waals surface area contributed by atoms with E-state index in [4.69, 9.17) is 0 Å². The van der Waals surface area contributed by atoms with Gasteiger partial charge in [0, 0.05) is 12.0 Å². The second kappa shape index (κ2) is 1.29. The first kappa shape index (κ1) is 5.59. The standard InChI is InChI=1S/C9H14O/c1-5-2-7-6-3-8(6)9(5,7)4-10/h5-8,10H,2-4H2,1H3. The van der Waals surface area contributed by atoms with E-state index < -0.39 is 0 Å². The van der Waals surface area contributed by atoms with Gasteiger partial charge in [0.1, 0.15) is 0 Å². The Morgan fingerprint density at radius 2 is 2.10 bits per heavy atom. The van der Waals surface area contributed by atoms with Gasteiger partial charge in [0.15, 0.2) is 0 Å². The molecule has 3 aliphatic carbocycles. The van der Waals surface area contributed by atoms with E-state index in [1.807, 2.05) is 0 Å². The van der Waals surface area contributed by atoms with E-state index in [2.05, 4.69) is 6.92 Å². The highest BCUT2D eigenvalue weighted by Crippen LogP contribution is 2.81. The molecule has 3 rings (SSSR count). The molecule has 0 spiro atoms.